The van der Waals surface area contributed by atoms with Gasteiger partial charge in [-0.1, -0.05) is 0 Å². The van der Waals surface area contributed by atoms with Crippen molar-refractivity contribution in [2.45, 2.75) is 6.92 Å². The molecule has 0 saturated carbocycles. The van der Waals surface area contributed by atoms with Crippen molar-refractivity contribution in [2.75, 3.05) is 12.8 Å². The number of anilines is 1. The molecule has 2 aromatic rings. The smallest absolute Gasteiger partial charge is 0.337 e. The monoisotopic (exact) mass is 230 g/mol. The number of esters is 1. The van der Waals surface area contributed by atoms with Crippen molar-refractivity contribution >= 4 is 11.7 Å². The van der Waals surface area contributed by atoms with Crippen molar-refractivity contribution < 1.29 is 9.53 Å². The van der Waals surface area contributed by atoms with Gasteiger partial charge in [-0.15, -0.1) is 0 Å². The topological polar surface area (TPSA) is 57.2 Å². The van der Waals surface area contributed by atoms with E-state index in [-0.39, 0.29) is 5.97 Å². The number of ether oxygens (including phenoxy) is 1. The Labute approximate surface area is 99.6 Å². The van der Waals surface area contributed by atoms with Crippen molar-refractivity contribution in [1.29, 1.82) is 0 Å². The number of methoxy groups -OCH3 is 1. The zero-order valence-electron chi connectivity index (χ0n) is 9.81. The van der Waals surface area contributed by atoms with Crippen LogP contribution in [0.4, 0.5) is 5.69 Å². The summed E-state index contributed by atoms with van der Waals surface area (Å²) in [6.07, 6.45) is 3.81. The fourth-order valence-corrected chi connectivity index (χ4v) is 1.72. The van der Waals surface area contributed by atoms with E-state index in [1.165, 1.54) is 7.11 Å². The Hall–Kier alpha value is -2.23. The molecule has 0 radical (unpaired) electrons. The van der Waals surface area contributed by atoms with Crippen LogP contribution >= 0.6 is 0 Å². The van der Waals surface area contributed by atoms with E-state index in [0.717, 1.165) is 11.3 Å². The summed E-state index contributed by atoms with van der Waals surface area (Å²) < 4.78 is 6.61. The highest BCUT2D eigenvalue weighted by Gasteiger charge is 2.11. The molecular formula is C13H14N2O2. The van der Waals surface area contributed by atoms with Crippen molar-refractivity contribution in [2.24, 2.45) is 0 Å². The van der Waals surface area contributed by atoms with Gasteiger partial charge in [0.15, 0.2) is 0 Å². The number of nitrogen functional groups attached to an aromatic ring is 1. The van der Waals surface area contributed by atoms with E-state index in [2.05, 4.69) is 0 Å². The first-order chi connectivity index (χ1) is 8.13. The third-order valence-electron chi connectivity index (χ3n) is 2.72. The highest BCUT2D eigenvalue weighted by atomic mass is 16.5. The summed E-state index contributed by atoms with van der Waals surface area (Å²) in [5.74, 6) is -0.384. The first kappa shape index (κ1) is 11.3. The fourth-order valence-electron chi connectivity index (χ4n) is 1.72. The highest BCUT2D eigenvalue weighted by molar-refractivity contribution is 5.91. The van der Waals surface area contributed by atoms with Crippen LogP contribution in [0, 0.1) is 6.92 Å². The summed E-state index contributed by atoms with van der Waals surface area (Å²) in [6, 6.07) is 7.24. The molecular weight excluding hydrogens is 216 g/mol. The largest absolute Gasteiger partial charge is 0.465 e. The van der Waals surface area contributed by atoms with E-state index in [0.29, 0.717) is 11.3 Å². The molecule has 0 atom stereocenters. The van der Waals surface area contributed by atoms with E-state index in [9.17, 15) is 4.79 Å². The van der Waals surface area contributed by atoms with Crippen LogP contribution in [0.2, 0.25) is 0 Å². The van der Waals surface area contributed by atoms with Crippen molar-refractivity contribution in [3.8, 4) is 5.69 Å². The molecule has 17 heavy (non-hydrogen) atoms. The molecule has 1 aromatic heterocycles. The lowest BCUT2D eigenvalue weighted by molar-refractivity contribution is 0.0601. The van der Waals surface area contributed by atoms with Gasteiger partial charge in [-0.05, 0) is 36.8 Å². The molecule has 0 fully saturated rings. The Balaban J connectivity index is 2.59. The molecule has 0 amide bonds. The van der Waals surface area contributed by atoms with Gasteiger partial charge < -0.3 is 15.0 Å². The minimum absolute atomic E-state index is 0.384. The molecule has 2 rings (SSSR count). The van der Waals surface area contributed by atoms with Gasteiger partial charge >= 0.3 is 5.97 Å². The number of nitrogens with two attached hydrogens (primary N) is 1. The molecule has 1 aromatic carbocycles. The number of carbonyl (C=O) groups is 1. The molecule has 4 heteroatoms. The molecule has 4 nitrogen and oxygen atoms in total. The third-order valence-corrected chi connectivity index (χ3v) is 2.72. The summed E-state index contributed by atoms with van der Waals surface area (Å²) in [7, 11) is 1.35. The van der Waals surface area contributed by atoms with Crippen LogP contribution < -0.4 is 5.73 Å². The number of rotatable bonds is 2. The number of aromatic nitrogens is 1. The van der Waals surface area contributed by atoms with Crippen LogP contribution in [-0.2, 0) is 4.74 Å². The maximum absolute atomic E-state index is 11.5. The van der Waals surface area contributed by atoms with Crippen molar-refractivity contribution in [3.05, 3.63) is 47.8 Å². The van der Waals surface area contributed by atoms with E-state index in [4.69, 9.17) is 10.5 Å². The lowest BCUT2D eigenvalue weighted by Crippen LogP contribution is -2.06. The van der Waals surface area contributed by atoms with Crippen LogP contribution in [0.1, 0.15) is 15.9 Å². The number of hydrogen-bond acceptors (Lipinski definition) is 3. The van der Waals surface area contributed by atoms with Crippen LogP contribution in [0.5, 0.6) is 0 Å². The number of hydrogen-bond donors (Lipinski definition) is 1. The standard InChI is InChI=1S/C13H14N2O2/c1-9-11(14)7-10(13(16)17-2)8-12(9)15-5-3-4-6-15/h3-8H,14H2,1-2H3. The molecule has 0 aliphatic rings. The van der Waals surface area contributed by atoms with Crippen LogP contribution in [0.25, 0.3) is 5.69 Å². The van der Waals surface area contributed by atoms with Crippen LogP contribution in [0.3, 0.4) is 0 Å². The summed E-state index contributed by atoms with van der Waals surface area (Å²) in [4.78, 5) is 11.5. The Morgan fingerprint density at radius 2 is 1.94 bits per heavy atom. The summed E-state index contributed by atoms with van der Waals surface area (Å²) in [6.45, 7) is 1.92. The number of carbonyl (C=O) groups excluding carboxylic acids is 1. The van der Waals surface area contributed by atoms with Gasteiger partial charge in [-0.3, -0.25) is 0 Å². The fraction of sp³-hybridized carbons (Fsp3) is 0.154. The van der Waals surface area contributed by atoms with Gasteiger partial charge in [0.25, 0.3) is 0 Å². The zero-order valence-corrected chi connectivity index (χ0v) is 9.81. The second-order valence-electron chi connectivity index (χ2n) is 3.79. The molecule has 0 unspecified atom stereocenters. The molecule has 88 valence electrons. The highest BCUT2D eigenvalue weighted by Crippen LogP contribution is 2.23. The Bertz CT molecular complexity index is 545. The van der Waals surface area contributed by atoms with E-state index >= 15 is 0 Å². The van der Waals surface area contributed by atoms with Crippen LogP contribution in [-0.4, -0.2) is 17.6 Å². The quantitative estimate of drug-likeness (QED) is 0.635. The van der Waals surface area contributed by atoms with E-state index in [1.807, 2.05) is 36.0 Å². The minimum Gasteiger partial charge on any atom is -0.465 e. The molecule has 0 saturated heterocycles. The summed E-state index contributed by atoms with van der Waals surface area (Å²) in [5, 5.41) is 0. The minimum atomic E-state index is -0.384. The normalized spacial score (nSPS) is 10.2. The third kappa shape index (κ3) is 2.01. The predicted octanol–water partition coefficient (Wildman–Crippen LogP) is 2.15. The molecule has 0 aliphatic heterocycles. The van der Waals surface area contributed by atoms with Crippen molar-refractivity contribution in [3.63, 3.8) is 0 Å². The number of nitrogens with zero attached hydrogens (tertiary/aromatic N) is 1. The van der Waals surface area contributed by atoms with Gasteiger partial charge in [0.05, 0.1) is 18.4 Å². The zero-order chi connectivity index (χ0) is 12.4. The van der Waals surface area contributed by atoms with Crippen molar-refractivity contribution in [1.82, 2.24) is 4.57 Å². The molecule has 0 aliphatic carbocycles. The average Bonchev–Trinajstić information content (AvgIpc) is 2.85. The molecule has 2 N–H and O–H groups in total. The Kier molecular flexibility index (Phi) is 2.87. The maximum atomic E-state index is 11.5. The van der Waals surface area contributed by atoms with E-state index in [1.54, 1.807) is 12.1 Å². The lowest BCUT2D eigenvalue weighted by Gasteiger charge is -2.12. The second kappa shape index (κ2) is 4.33. The first-order valence-corrected chi connectivity index (χ1v) is 5.25. The second-order valence-corrected chi connectivity index (χ2v) is 3.79. The molecule has 0 spiro atoms. The van der Waals surface area contributed by atoms with Crippen LogP contribution in [0.15, 0.2) is 36.7 Å². The van der Waals surface area contributed by atoms with Gasteiger partial charge in [0, 0.05) is 18.1 Å². The first-order valence-electron chi connectivity index (χ1n) is 5.25. The predicted molar refractivity (Wildman–Crippen MR) is 66.3 cm³/mol. The molecule has 0 bridgehead atoms. The van der Waals surface area contributed by atoms with Gasteiger partial charge in [0.2, 0.25) is 0 Å². The van der Waals surface area contributed by atoms with Gasteiger partial charge in [-0.25, -0.2) is 4.79 Å². The average molecular weight is 230 g/mol. The Morgan fingerprint density at radius 1 is 1.29 bits per heavy atom. The van der Waals surface area contributed by atoms with Gasteiger partial charge in [0.1, 0.15) is 0 Å². The Morgan fingerprint density at radius 3 is 2.53 bits per heavy atom. The molecule has 1 heterocycles. The van der Waals surface area contributed by atoms with E-state index < -0.39 is 0 Å². The SMILES string of the molecule is COC(=O)c1cc(N)c(C)c(-n2cccc2)c1. The number of benzene rings is 1. The maximum Gasteiger partial charge on any atom is 0.337 e. The summed E-state index contributed by atoms with van der Waals surface area (Å²) in [5.41, 5.74) is 8.76. The van der Waals surface area contributed by atoms with Gasteiger partial charge in [-0.2, -0.15) is 0 Å². The summed E-state index contributed by atoms with van der Waals surface area (Å²) >= 11 is 0. The lowest BCUT2D eigenvalue weighted by atomic mass is 10.1.